The number of anilines is 1. The molecular formula is C9H7ClN6O. The van der Waals surface area contributed by atoms with Crippen molar-refractivity contribution in [1.29, 1.82) is 0 Å². The van der Waals surface area contributed by atoms with Crippen molar-refractivity contribution >= 4 is 28.6 Å². The Morgan fingerprint density at radius 2 is 2.35 bits per heavy atom. The van der Waals surface area contributed by atoms with Crippen LogP contribution >= 0.6 is 11.6 Å². The third kappa shape index (κ3) is 1.92. The first kappa shape index (κ1) is 10.0. The number of nitrogens with one attached hydrogen (secondary N) is 2. The molecule has 17 heavy (non-hydrogen) atoms. The maximum Gasteiger partial charge on any atom is 0.226 e. The largest absolute Gasteiger partial charge is 0.361 e. The van der Waals surface area contributed by atoms with Gasteiger partial charge in [0.2, 0.25) is 5.28 Å². The number of rotatable bonds is 3. The minimum absolute atomic E-state index is 0.143. The molecule has 3 rings (SSSR count). The predicted octanol–water partition coefficient (Wildman–Crippen LogP) is 1.61. The van der Waals surface area contributed by atoms with E-state index in [2.05, 4.69) is 30.4 Å². The van der Waals surface area contributed by atoms with Crippen LogP contribution in [0.3, 0.4) is 0 Å². The predicted molar refractivity (Wildman–Crippen MR) is 60.5 cm³/mol. The molecule has 3 aromatic heterocycles. The third-order valence-corrected chi connectivity index (χ3v) is 2.35. The molecule has 0 radical (unpaired) electrons. The van der Waals surface area contributed by atoms with Crippen LogP contribution in [0, 0.1) is 0 Å². The average Bonchev–Trinajstić information content (AvgIpc) is 2.95. The molecule has 0 saturated carbocycles. The van der Waals surface area contributed by atoms with E-state index >= 15 is 0 Å². The van der Waals surface area contributed by atoms with Crippen LogP contribution in [0.4, 0.5) is 5.82 Å². The fourth-order valence-electron chi connectivity index (χ4n) is 1.44. The summed E-state index contributed by atoms with van der Waals surface area (Å²) >= 11 is 5.79. The van der Waals surface area contributed by atoms with Crippen LogP contribution in [0.1, 0.15) is 5.76 Å². The topological polar surface area (TPSA) is 92.5 Å². The van der Waals surface area contributed by atoms with Gasteiger partial charge in [-0.3, -0.25) is 0 Å². The first-order valence-electron chi connectivity index (χ1n) is 4.83. The first-order valence-corrected chi connectivity index (χ1v) is 5.21. The second kappa shape index (κ2) is 4.02. The number of imidazole rings is 1. The zero-order chi connectivity index (χ0) is 11.7. The Morgan fingerprint density at radius 1 is 1.41 bits per heavy atom. The van der Waals surface area contributed by atoms with Crippen molar-refractivity contribution in [3.05, 3.63) is 29.6 Å². The molecule has 0 aliphatic carbocycles. The molecule has 0 saturated heterocycles. The van der Waals surface area contributed by atoms with Gasteiger partial charge in [-0.1, -0.05) is 5.16 Å². The molecular weight excluding hydrogens is 244 g/mol. The fourth-order valence-corrected chi connectivity index (χ4v) is 1.60. The molecule has 0 aliphatic rings. The van der Waals surface area contributed by atoms with Crippen molar-refractivity contribution in [2.45, 2.75) is 6.54 Å². The lowest BCUT2D eigenvalue weighted by atomic mass is 10.4. The number of hydrogen-bond donors (Lipinski definition) is 2. The van der Waals surface area contributed by atoms with Crippen LogP contribution in [0.5, 0.6) is 0 Å². The lowest BCUT2D eigenvalue weighted by Gasteiger charge is -2.03. The SMILES string of the molecule is Clc1nc(NCc2ccno2)c2[nH]cnc2n1. The summed E-state index contributed by atoms with van der Waals surface area (Å²) in [5, 5.41) is 6.83. The fraction of sp³-hybridized carbons (Fsp3) is 0.111. The zero-order valence-corrected chi connectivity index (χ0v) is 9.27. The second-order valence-electron chi connectivity index (χ2n) is 3.27. The quantitative estimate of drug-likeness (QED) is 0.686. The van der Waals surface area contributed by atoms with E-state index in [1.807, 2.05) is 0 Å². The minimum atomic E-state index is 0.143. The highest BCUT2D eigenvalue weighted by Crippen LogP contribution is 2.19. The van der Waals surface area contributed by atoms with Crippen molar-refractivity contribution < 1.29 is 4.52 Å². The molecule has 0 unspecified atom stereocenters. The molecule has 0 atom stereocenters. The van der Waals surface area contributed by atoms with Crippen LogP contribution in [-0.2, 0) is 6.54 Å². The maximum absolute atomic E-state index is 5.79. The van der Waals surface area contributed by atoms with Gasteiger partial charge < -0.3 is 14.8 Å². The summed E-state index contributed by atoms with van der Waals surface area (Å²) in [6.07, 6.45) is 3.12. The summed E-state index contributed by atoms with van der Waals surface area (Å²) in [6.45, 7) is 0.460. The van der Waals surface area contributed by atoms with E-state index in [1.54, 1.807) is 12.3 Å². The average molecular weight is 251 g/mol. The molecule has 0 aliphatic heterocycles. The molecule has 7 nitrogen and oxygen atoms in total. The highest BCUT2D eigenvalue weighted by molar-refractivity contribution is 6.28. The Kier molecular flexibility index (Phi) is 2.37. The van der Waals surface area contributed by atoms with Crippen LogP contribution < -0.4 is 5.32 Å². The van der Waals surface area contributed by atoms with Crippen molar-refractivity contribution in [2.24, 2.45) is 0 Å². The molecule has 0 aromatic carbocycles. The number of halogens is 1. The van der Waals surface area contributed by atoms with Crippen LogP contribution in [-0.4, -0.2) is 25.1 Å². The highest BCUT2D eigenvalue weighted by Gasteiger charge is 2.09. The molecule has 86 valence electrons. The van der Waals surface area contributed by atoms with Gasteiger partial charge >= 0.3 is 0 Å². The minimum Gasteiger partial charge on any atom is -0.361 e. The Morgan fingerprint density at radius 3 is 3.18 bits per heavy atom. The zero-order valence-electron chi connectivity index (χ0n) is 8.51. The summed E-state index contributed by atoms with van der Waals surface area (Å²) < 4.78 is 4.96. The number of fused-ring (bicyclic) bond motifs is 1. The summed E-state index contributed by atoms with van der Waals surface area (Å²) in [6, 6.07) is 1.76. The van der Waals surface area contributed by atoms with Crippen molar-refractivity contribution in [2.75, 3.05) is 5.32 Å². The van der Waals surface area contributed by atoms with Gasteiger partial charge in [0.1, 0.15) is 5.52 Å². The van der Waals surface area contributed by atoms with Gasteiger partial charge in [0.25, 0.3) is 0 Å². The van der Waals surface area contributed by atoms with Crippen molar-refractivity contribution in [3.63, 3.8) is 0 Å². The maximum atomic E-state index is 5.79. The summed E-state index contributed by atoms with van der Waals surface area (Å²) in [4.78, 5) is 15.0. The standard InChI is InChI=1S/C9H7ClN6O/c10-9-15-7(6-8(16-9)13-4-12-6)11-3-5-1-2-14-17-5/h1-2,4H,3H2,(H2,11,12,13,15,16). The molecule has 0 amide bonds. The van der Waals surface area contributed by atoms with E-state index in [1.165, 1.54) is 6.33 Å². The number of aromatic nitrogens is 5. The van der Waals surface area contributed by atoms with Crippen LogP contribution in [0.15, 0.2) is 23.1 Å². The van der Waals surface area contributed by atoms with Gasteiger partial charge in [-0.05, 0) is 11.6 Å². The number of hydrogen-bond acceptors (Lipinski definition) is 6. The highest BCUT2D eigenvalue weighted by atomic mass is 35.5. The number of aromatic amines is 1. The number of nitrogens with zero attached hydrogens (tertiary/aromatic N) is 4. The second-order valence-corrected chi connectivity index (χ2v) is 3.61. The molecule has 0 bridgehead atoms. The van der Waals surface area contributed by atoms with E-state index in [-0.39, 0.29) is 5.28 Å². The van der Waals surface area contributed by atoms with Gasteiger partial charge in [0.05, 0.1) is 19.1 Å². The van der Waals surface area contributed by atoms with Gasteiger partial charge in [-0.2, -0.15) is 9.97 Å². The lowest BCUT2D eigenvalue weighted by Crippen LogP contribution is -2.02. The van der Waals surface area contributed by atoms with E-state index in [0.717, 1.165) is 0 Å². The van der Waals surface area contributed by atoms with Crippen molar-refractivity contribution in [3.8, 4) is 0 Å². The Bertz CT molecular complexity index is 634. The van der Waals surface area contributed by atoms with Gasteiger partial charge in [-0.25, -0.2) is 4.98 Å². The van der Waals surface area contributed by atoms with Gasteiger partial charge in [-0.15, -0.1) is 0 Å². The first-order chi connectivity index (χ1) is 8.33. The summed E-state index contributed by atoms with van der Waals surface area (Å²) in [7, 11) is 0. The summed E-state index contributed by atoms with van der Waals surface area (Å²) in [5.74, 6) is 1.28. The van der Waals surface area contributed by atoms with E-state index in [9.17, 15) is 0 Å². The molecule has 8 heteroatoms. The normalized spacial score (nSPS) is 10.9. The molecule has 3 aromatic rings. The van der Waals surface area contributed by atoms with Crippen molar-refractivity contribution in [1.82, 2.24) is 25.1 Å². The molecule has 0 spiro atoms. The van der Waals surface area contributed by atoms with E-state index in [4.69, 9.17) is 16.1 Å². The van der Waals surface area contributed by atoms with Gasteiger partial charge in [0, 0.05) is 6.07 Å². The molecule has 0 fully saturated rings. The third-order valence-electron chi connectivity index (χ3n) is 2.18. The Balaban J connectivity index is 1.91. The number of H-pyrrole nitrogens is 1. The Hall–Kier alpha value is -2.15. The smallest absolute Gasteiger partial charge is 0.226 e. The van der Waals surface area contributed by atoms with E-state index < -0.39 is 0 Å². The molecule has 3 heterocycles. The van der Waals surface area contributed by atoms with E-state index in [0.29, 0.717) is 29.3 Å². The monoisotopic (exact) mass is 250 g/mol. The summed E-state index contributed by atoms with van der Waals surface area (Å²) in [5.41, 5.74) is 1.22. The van der Waals surface area contributed by atoms with Crippen LogP contribution in [0.25, 0.3) is 11.2 Å². The van der Waals surface area contributed by atoms with Gasteiger partial charge in [0.15, 0.2) is 17.2 Å². The Labute approximate surface area is 100 Å². The van der Waals surface area contributed by atoms with Crippen LogP contribution in [0.2, 0.25) is 5.28 Å². The molecule has 2 N–H and O–H groups in total. The lowest BCUT2D eigenvalue weighted by molar-refractivity contribution is 0.388.